The summed E-state index contributed by atoms with van der Waals surface area (Å²) >= 11 is 4.16. The Morgan fingerprint density at radius 1 is 1.26 bits per heavy atom. The molecule has 0 aliphatic carbocycles. The minimum absolute atomic E-state index is 0.579. The van der Waals surface area contributed by atoms with Gasteiger partial charge in [-0.15, -0.1) is 11.3 Å². The van der Waals surface area contributed by atoms with Crippen LogP contribution in [-0.4, -0.2) is 12.3 Å². The molecule has 0 amide bonds. The molecule has 1 nitrogen and oxygen atoms in total. The van der Waals surface area contributed by atoms with Gasteiger partial charge >= 0.3 is 0 Å². The number of fused-ring (bicyclic) bond motifs is 1. The molecule has 0 aromatic carbocycles. The third kappa shape index (κ3) is 3.99. The Morgan fingerprint density at radius 2 is 2.05 bits per heavy atom. The molecule has 0 saturated heterocycles. The first-order valence-corrected chi connectivity index (χ1v) is 9.68. The van der Waals surface area contributed by atoms with E-state index in [1.165, 1.54) is 37.2 Å². The summed E-state index contributed by atoms with van der Waals surface area (Å²) < 4.78 is 0. The van der Waals surface area contributed by atoms with Crippen LogP contribution in [0.25, 0.3) is 0 Å². The molecule has 3 heteroatoms. The lowest BCUT2D eigenvalue weighted by atomic mass is 9.94. The van der Waals surface area contributed by atoms with Crippen molar-refractivity contribution >= 4 is 23.1 Å². The summed E-state index contributed by atoms with van der Waals surface area (Å²) in [6, 6.07) is 3.07. The minimum atomic E-state index is 0.579. The molecule has 0 saturated carbocycles. The highest BCUT2D eigenvalue weighted by atomic mass is 32.2. The number of nitrogens with one attached hydrogen (secondary N) is 1. The molecule has 1 N–H and O–H groups in total. The third-order valence-corrected chi connectivity index (χ3v) is 6.52. The van der Waals surface area contributed by atoms with Crippen molar-refractivity contribution in [2.24, 2.45) is 5.92 Å². The molecule has 108 valence electrons. The highest BCUT2D eigenvalue weighted by Gasteiger charge is 2.20. The summed E-state index contributed by atoms with van der Waals surface area (Å²) in [5.41, 5.74) is 1.61. The van der Waals surface area contributed by atoms with Gasteiger partial charge in [-0.05, 0) is 42.7 Å². The fourth-order valence-electron chi connectivity index (χ4n) is 2.84. The van der Waals surface area contributed by atoms with E-state index in [1.807, 2.05) is 0 Å². The summed E-state index contributed by atoms with van der Waals surface area (Å²) in [6.45, 7) is 7.95. The maximum absolute atomic E-state index is 3.71. The van der Waals surface area contributed by atoms with Crippen LogP contribution in [0.5, 0.6) is 0 Å². The van der Waals surface area contributed by atoms with Crippen LogP contribution in [0, 0.1) is 5.92 Å². The first-order valence-electron chi connectivity index (χ1n) is 7.71. The second kappa shape index (κ2) is 7.70. The zero-order valence-electron chi connectivity index (χ0n) is 12.5. The molecule has 1 atom stereocenters. The van der Waals surface area contributed by atoms with Crippen molar-refractivity contribution in [3.63, 3.8) is 0 Å². The smallest absolute Gasteiger partial charge is 0.0417 e. The predicted molar refractivity (Wildman–Crippen MR) is 89.3 cm³/mol. The summed E-state index contributed by atoms with van der Waals surface area (Å²) in [5, 5.41) is 3.71. The second-order valence-electron chi connectivity index (χ2n) is 5.43. The van der Waals surface area contributed by atoms with E-state index >= 15 is 0 Å². The van der Waals surface area contributed by atoms with Crippen molar-refractivity contribution < 1.29 is 0 Å². The molecule has 2 rings (SSSR count). The van der Waals surface area contributed by atoms with Crippen LogP contribution < -0.4 is 5.32 Å². The molecule has 0 bridgehead atoms. The molecule has 1 aliphatic heterocycles. The summed E-state index contributed by atoms with van der Waals surface area (Å²) in [4.78, 5) is 3.24. The zero-order valence-corrected chi connectivity index (χ0v) is 14.1. The normalized spacial score (nSPS) is 16.6. The van der Waals surface area contributed by atoms with Crippen LogP contribution in [0.15, 0.2) is 6.07 Å². The minimum Gasteiger partial charge on any atom is -0.310 e. The summed E-state index contributed by atoms with van der Waals surface area (Å²) in [6.07, 6.45) is 5.19. The molecule has 2 heterocycles. The van der Waals surface area contributed by atoms with Gasteiger partial charge in [-0.1, -0.05) is 33.6 Å². The van der Waals surface area contributed by atoms with Gasteiger partial charge in [0.25, 0.3) is 0 Å². The largest absolute Gasteiger partial charge is 0.310 e. The monoisotopic (exact) mass is 297 g/mol. The van der Waals surface area contributed by atoms with Crippen molar-refractivity contribution in [3.8, 4) is 0 Å². The van der Waals surface area contributed by atoms with Gasteiger partial charge in [-0.2, -0.15) is 11.8 Å². The van der Waals surface area contributed by atoms with Gasteiger partial charge in [0.2, 0.25) is 0 Å². The van der Waals surface area contributed by atoms with Gasteiger partial charge in [0.15, 0.2) is 0 Å². The fraction of sp³-hybridized carbons (Fsp3) is 0.750. The van der Waals surface area contributed by atoms with Crippen LogP contribution in [-0.2, 0) is 12.2 Å². The van der Waals surface area contributed by atoms with E-state index in [0.29, 0.717) is 6.04 Å². The van der Waals surface area contributed by atoms with Crippen LogP contribution in [0.3, 0.4) is 0 Å². The molecular weight excluding hydrogens is 270 g/mol. The highest BCUT2D eigenvalue weighted by molar-refractivity contribution is 7.98. The number of rotatable bonds is 7. The molecule has 1 aliphatic rings. The molecule has 0 spiro atoms. The number of aryl methyl sites for hydroxylation is 1. The first kappa shape index (κ1) is 15.4. The fourth-order valence-corrected chi connectivity index (χ4v) is 5.31. The van der Waals surface area contributed by atoms with E-state index in [-0.39, 0.29) is 0 Å². The number of hydrogen-bond donors (Lipinski definition) is 1. The average Bonchev–Trinajstić information content (AvgIpc) is 2.87. The van der Waals surface area contributed by atoms with Crippen molar-refractivity contribution in [3.05, 3.63) is 21.4 Å². The van der Waals surface area contributed by atoms with E-state index in [1.54, 1.807) is 15.3 Å². The van der Waals surface area contributed by atoms with E-state index in [4.69, 9.17) is 0 Å². The van der Waals surface area contributed by atoms with Crippen LogP contribution in [0.2, 0.25) is 0 Å². The quantitative estimate of drug-likeness (QED) is 0.759. The average molecular weight is 298 g/mol. The Bertz CT molecular complexity index is 359. The Morgan fingerprint density at radius 3 is 2.68 bits per heavy atom. The Kier molecular flexibility index (Phi) is 6.24. The third-order valence-electron chi connectivity index (χ3n) is 4.16. The molecule has 19 heavy (non-hydrogen) atoms. The van der Waals surface area contributed by atoms with Gasteiger partial charge < -0.3 is 5.32 Å². The topological polar surface area (TPSA) is 12.0 Å². The lowest BCUT2D eigenvalue weighted by molar-refractivity contribution is 0.379. The SMILES string of the molecule is CCNC(CC(CC)CC)c1cc2c(s1)CCSC2. The molecular formula is C16H27NS2. The van der Waals surface area contributed by atoms with Gasteiger partial charge in [-0.25, -0.2) is 0 Å². The van der Waals surface area contributed by atoms with E-state index in [0.717, 1.165) is 12.5 Å². The van der Waals surface area contributed by atoms with E-state index in [9.17, 15) is 0 Å². The first-order chi connectivity index (χ1) is 9.28. The summed E-state index contributed by atoms with van der Waals surface area (Å²) in [5.74, 6) is 3.40. The zero-order chi connectivity index (χ0) is 13.7. The van der Waals surface area contributed by atoms with Crippen molar-refractivity contribution in [1.82, 2.24) is 5.32 Å². The number of thiophene rings is 1. The van der Waals surface area contributed by atoms with Crippen molar-refractivity contribution in [2.75, 3.05) is 12.3 Å². The van der Waals surface area contributed by atoms with Gasteiger partial charge in [-0.3, -0.25) is 0 Å². The lowest BCUT2D eigenvalue weighted by Gasteiger charge is -2.21. The highest BCUT2D eigenvalue weighted by Crippen LogP contribution is 2.36. The Balaban J connectivity index is 2.11. The van der Waals surface area contributed by atoms with Gasteiger partial charge in [0.05, 0.1) is 0 Å². The van der Waals surface area contributed by atoms with Crippen LogP contribution in [0.4, 0.5) is 0 Å². The molecule has 1 aromatic rings. The van der Waals surface area contributed by atoms with Gasteiger partial charge in [0, 0.05) is 21.5 Å². The maximum atomic E-state index is 3.71. The predicted octanol–water partition coefficient (Wildman–Crippen LogP) is 5.01. The number of hydrogen-bond acceptors (Lipinski definition) is 3. The van der Waals surface area contributed by atoms with E-state index in [2.05, 4.69) is 55.3 Å². The van der Waals surface area contributed by atoms with Crippen LogP contribution in [0.1, 0.15) is 61.4 Å². The Hall–Kier alpha value is 0.01000. The maximum Gasteiger partial charge on any atom is 0.0417 e. The Labute approximate surface area is 126 Å². The molecule has 1 unspecified atom stereocenters. The van der Waals surface area contributed by atoms with Crippen molar-refractivity contribution in [2.45, 2.75) is 58.2 Å². The molecule has 0 fully saturated rings. The number of thioether (sulfide) groups is 1. The standard InChI is InChI=1S/C16H27NS2/c1-4-12(5-2)9-14(17-6-3)16-10-13-11-18-8-7-15(13)19-16/h10,12,14,17H,4-9,11H2,1-3H3. The molecule has 0 radical (unpaired) electrons. The second-order valence-corrected chi connectivity index (χ2v) is 7.70. The lowest BCUT2D eigenvalue weighted by Crippen LogP contribution is -2.22. The summed E-state index contributed by atoms with van der Waals surface area (Å²) in [7, 11) is 0. The van der Waals surface area contributed by atoms with E-state index < -0.39 is 0 Å². The van der Waals surface area contributed by atoms with Gasteiger partial charge in [0.1, 0.15) is 0 Å². The van der Waals surface area contributed by atoms with Crippen molar-refractivity contribution in [1.29, 1.82) is 0 Å². The molecule has 1 aromatic heterocycles. The van der Waals surface area contributed by atoms with Crippen LogP contribution >= 0.6 is 23.1 Å².